The Morgan fingerprint density at radius 1 is 1.15 bits per heavy atom. The van der Waals surface area contributed by atoms with Gasteiger partial charge in [-0.15, -0.1) is 0 Å². The molecule has 0 bridgehead atoms. The van der Waals surface area contributed by atoms with E-state index in [9.17, 15) is 5.11 Å². The fourth-order valence-electron chi connectivity index (χ4n) is 4.16. The third-order valence-electron chi connectivity index (χ3n) is 5.28. The summed E-state index contributed by atoms with van der Waals surface area (Å²) in [4.78, 5) is 0. The minimum absolute atomic E-state index is 0.118. The van der Waals surface area contributed by atoms with Crippen LogP contribution in [0.25, 0.3) is 0 Å². The molecule has 3 unspecified atom stereocenters. The predicted molar refractivity (Wildman–Crippen MR) is 103 cm³/mol. The zero-order valence-electron chi connectivity index (χ0n) is 15.4. The van der Waals surface area contributed by atoms with Crippen molar-refractivity contribution in [2.75, 3.05) is 12.4 Å². The highest BCUT2D eigenvalue weighted by atomic mass is 16.5. The number of methoxy groups -OCH3 is 1. The summed E-state index contributed by atoms with van der Waals surface area (Å²) in [6.45, 7) is 4.09. The number of allylic oxidation sites excluding steroid dienone is 2. The number of rotatable bonds is 4. The fraction of sp³-hybridized carbons (Fsp3) is 0.364. The average molecular weight is 351 g/mol. The number of phenolic OH excluding ortho intramolecular Hbond substituents is 1. The van der Waals surface area contributed by atoms with Gasteiger partial charge < -0.3 is 19.9 Å². The number of hydrogen-bond donors (Lipinski definition) is 2. The molecule has 0 radical (unpaired) electrons. The second-order valence-electron chi connectivity index (χ2n) is 7.29. The fourth-order valence-corrected chi connectivity index (χ4v) is 4.16. The number of ether oxygens (including phenoxy) is 2. The van der Waals surface area contributed by atoms with Gasteiger partial charge in [0, 0.05) is 5.92 Å². The van der Waals surface area contributed by atoms with Crippen molar-refractivity contribution in [3.05, 3.63) is 59.7 Å². The molecule has 26 heavy (non-hydrogen) atoms. The van der Waals surface area contributed by atoms with Gasteiger partial charge in [0.05, 0.1) is 24.9 Å². The van der Waals surface area contributed by atoms with E-state index in [0.717, 1.165) is 23.4 Å². The molecule has 0 fully saturated rings. The first-order chi connectivity index (χ1) is 12.6. The summed E-state index contributed by atoms with van der Waals surface area (Å²) in [6.07, 6.45) is 5.73. The molecule has 1 aliphatic carbocycles. The molecule has 0 aromatic heterocycles. The highest BCUT2D eigenvalue weighted by Crippen LogP contribution is 2.52. The largest absolute Gasteiger partial charge is 0.504 e. The van der Waals surface area contributed by atoms with Crippen LogP contribution in [-0.4, -0.2) is 18.3 Å². The molecule has 4 nitrogen and oxygen atoms in total. The molecule has 1 heterocycles. The van der Waals surface area contributed by atoms with Gasteiger partial charge in [-0.25, -0.2) is 0 Å². The van der Waals surface area contributed by atoms with Crippen LogP contribution in [0.15, 0.2) is 48.6 Å². The van der Waals surface area contributed by atoms with Crippen LogP contribution in [0, 0.1) is 5.92 Å². The van der Waals surface area contributed by atoms with E-state index < -0.39 is 0 Å². The molecule has 2 aliphatic rings. The maximum Gasteiger partial charge on any atom is 0.160 e. The van der Waals surface area contributed by atoms with Gasteiger partial charge in [-0.2, -0.15) is 0 Å². The maximum absolute atomic E-state index is 9.94. The van der Waals surface area contributed by atoms with Crippen molar-refractivity contribution in [2.45, 2.75) is 38.3 Å². The van der Waals surface area contributed by atoms with Gasteiger partial charge in [-0.1, -0.05) is 30.4 Å². The van der Waals surface area contributed by atoms with Crippen LogP contribution in [0.3, 0.4) is 0 Å². The van der Waals surface area contributed by atoms with Crippen LogP contribution in [0.4, 0.5) is 5.69 Å². The second-order valence-corrected chi connectivity index (χ2v) is 7.29. The summed E-state index contributed by atoms with van der Waals surface area (Å²) < 4.78 is 11.4. The number of phenols is 1. The van der Waals surface area contributed by atoms with E-state index in [1.807, 2.05) is 32.0 Å². The predicted octanol–water partition coefficient (Wildman–Crippen LogP) is 5.01. The zero-order chi connectivity index (χ0) is 18.3. The van der Waals surface area contributed by atoms with E-state index in [1.54, 1.807) is 13.2 Å². The molecule has 4 heteroatoms. The first-order valence-corrected chi connectivity index (χ1v) is 9.18. The minimum atomic E-state index is 0.118. The number of benzene rings is 2. The molecule has 0 spiro atoms. The summed E-state index contributed by atoms with van der Waals surface area (Å²) in [5.74, 6) is 2.37. The molecule has 136 valence electrons. The highest BCUT2D eigenvalue weighted by Gasteiger charge is 2.39. The molecule has 2 aromatic rings. The Kier molecular flexibility index (Phi) is 4.27. The first kappa shape index (κ1) is 16.8. The standard InChI is InChI=1S/C22H25NO3/c1-13(2)26-19-9-5-8-17-15-6-4-7-16(15)21(23-22(17)19)14-10-11-18(24)20(12-14)25-3/h4-6,8-13,15-16,21,23-24H,7H2,1-3H3. The quantitative estimate of drug-likeness (QED) is 0.760. The monoisotopic (exact) mass is 351 g/mol. The van der Waals surface area contributed by atoms with Crippen molar-refractivity contribution in [1.29, 1.82) is 0 Å². The molecule has 0 saturated heterocycles. The van der Waals surface area contributed by atoms with Gasteiger partial charge in [0.2, 0.25) is 0 Å². The van der Waals surface area contributed by atoms with Crippen LogP contribution in [0.1, 0.15) is 43.4 Å². The van der Waals surface area contributed by atoms with Crippen LogP contribution < -0.4 is 14.8 Å². The normalized spacial score (nSPS) is 23.3. The van der Waals surface area contributed by atoms with Gasteiger partial charge in [0.25, 0.3) is 0 Å². The van der Waals surface area contributed by atoms with Crippen LogP contribution in [-0.2, 0) is 0 Å². The summed E-state index contributed by atoms with van der Waals surface area (Å²) in [6, 6.07) is 12.0. The van der Waals surface area contributed by atoms with Crippen LogP contribution in [0.2, 0.25) is 0 Å². The maximum atomic E-state index is 9.94. The van der Waals surface area contributed by atoms with Gasteiger partial charge in [0.15, 0.2) is 11.5 Å². The topological polar surface area (TPSA) is 50.7 Å². The Bertz CT molecular complexity index is 843. The van der Waals surface area contributed by atoms with Gasteiger partial charge in [-0.3, -0.25) is 0 Å². The van der Waals surface area contributed by atoms with Crippen molar-refractivity contribution in [2.24, 2.45) is 5.92 Å². The van der Waals surface area contributed by atoms with Crippen molar-refractivity contribution < 1.29 is 14.6 Å². The number of fused-ring (bicyclic) bond motifs is 3. The number of anilines is 1. The Morgan fingerprint density at radius 2 is 2.00 bits per heavy atom. The summed E-state index contributed by atoms with van der Waals surface area (Å²) in [7, 11) is 1.58. The molecule has 3 atom stereocenters. The van der Waals surface area contributed by atoms with E-state index in [0.29, 0.717) is 17.6 Å². The molecule has 0 saturated carbocycles. The average Bonchev–Trinajstić information content (AvgIpc) is 3.11. The Balaban J connectivity index is 1.78. The summed E-state index contributed by atoms with van der Waals surface area (Å²) >= 11 is 0. The van der Waals surface area contributed by atoms with E-state index >= 15 is 0 Å². The Morgan fingerprint density at radius 3 is 2.77 bits per heavy atom. The Hall–Kier alpha value is -2.62. The number of para-hydroxylation sites is 1. The first-order valence-electron chi connectivity index (χ1n) is 9.18. The third-order valence-corrected chi connectivity index (χ3v) is 5.28. The van der Waals surface area contributed by atoms with E-state index in [1.165, 1.54) is 5.56 Å². The second kappa shape index (κ2) is 6.60. The van der Waals surface area contributed by atoms with Crippen molar-refractivity contribution in [3.63, 3.8) is 0 Å². The van der Waals surface area contributed by atoms with Gasteiger partial charge in [0.1, 0.15) is 5.75 Å². The molecule has 0 amide bonds. The van der Waals surface area contributed by atoms with Crippen molar-refractivity contribution >= 4 is 5.69 Å². The Labute approximate surface area is 154 Å². The highest BCUT2D eigenvalue weighted by molar-refractivity contribution is 5.68. The minimum Gasteiger partial charge on any atom is -0.504 e. The molecule has 1 aliphatic heterocycles. The lowest BCUT2D eigenvalue weighted by atomic mass is 9.77. The van der Waals surface area contributed by atoms with Crippen LogP contribution >= 0.6 is 0 Å². The van der Waals surface area contributed by atoms with Gasteiger partial charge >= 0.3 is 0 Å². The molecule has 2 N–H and O–H groups in total. The number of aromatic hydroxyl groups is 1. The van der Waals surface area contributed by atoms with Gasteiger partial charge in [-0.05, 0) is 55.5 Å². The lowest BCUT2D eigenvalue weighted by molar-refractivity contribution is 0.242. The lowest BCUT2D eigenvalue weighted by Crippen LogP contribution is -2.29. The lowest BCUT2D eigenvalue weighted by Gasteiger charge is -2.38. The molecule has 2 aromatic carbocycles. The summed E-state index contributed by atoms with van der Waals surface area (Å²) in [5.41, 5.74) is 3.48. The van der Waals surface area contributed by atoms with E-state index in [-0.39, 0.29) is 17.9 Å². The number of hydrogen-bond acceptors (Lipinski definition) is 4. The van der Waals surface area contributed by atoms with E-state index in [4.69, 9.17) is 9.47 Å². The molecular weight excluding hydrogens is 326 g/mol. The van der Waals surface area contributed by atoms with E-state index in [2.05, 4.69) is 29.6 Å². The third kappa shape index (κ3) is 2.79. The van der Waals surface area contributed by atoms with Crippen molar-refractivity contribution in [1.82, 2.24) is 0 Å². The smallest absolute Gasteiger partial charge is 0.160 e. The number of nitrogens with one attached hydrogen (secondary N) is 1. The SMILES string of the molecule is COc1cc(C2Nc3c(OC(C)C)cccc3C3C=CCC32)ccc1O. The molecule has 4 rings (SSSR count). The van der Waals surface area contributed by atoms with Crippen molar-refractivity contribution in [3.8, 4) is 17.2 Å². The van der Waals surface area contributed by atoms with Crippen LogP contribution in [0.5, 0.6) is 17.2 Å². The molecular formula is C22H25NO3. The zero-order valence-corrected chi connectivity index (χ0v) is 15.4. The summed E-state index contributed by atoms with van der Waals surface area (Å²) in [5, 5.41) is 13.7.